The standard InChI is InChI=1S/C7H5BrO/c8-7-3-1-2-6(4-7)5-9/h1-5H/p+1. The lowest BCUT2D eigenvalue weighted by atomic mass is 10.2. The molecule has 0 radical (unpaired) electrons. The molecule has 0 amide bonds. The van der Waals surface area contributed by atoms with Crippen molar-refractivity contribution in [1.29, 1.82) is 0 Å². The van der Waals surface area contributed by atoms with Crippen LogP contribution in [-0.4, -0.2) is 11.1 Å². The molecule has 1 N–H and O–H groups in total. The van der Waals surface area contributed by atoms with Crippen molar-refractivity contribution < 1.29 is 4.79 Å². The average Bonchev–Trinajstić information content (AvgIpc) is 1.88. The van der Waals surface area contributed by atoms with Crippen molar-refractivity contribution in [2.75, 3.05) is 0 Å². The lowest BCUT2D eigenvalue weighted by Crippen LogP contribution is -1.77. The summed E-state index contributed by atoms with van der Waals surface area (Å²) >= 11 is 3.27. The van der Waals surface area contributed by atoms with Gasteiger partial charge in [-0.1, -0.05) is 22.0 Å². The van der Waals surface area contributed by atoms with Crippen LogP contribution in [-0.2, 0) is 0 Å². The van der Waals surface area contributed by atoms with E-state index in [-0.39, 0.29) is 0 Å². The average molecular weight is 186 g/mol. The zero-order valence-electron chi connectivity index (χ0n) is 4.71. The van der Waals surface area contributed by atoms with Crippen LogP contribution in [0.2, 0.25) is 0 Å². The maximum absolute atomic E-state index is 8.52. The molecule has 0 aromatic heterocycles. The van der Waals surface area contributed by atoms with Crippen LogP contribution < -0.4 is 0 Å². The first-order chi connectivity index (χ1) is 4.33. The molecule has 0 heterocycles. The van der Waals surface area contributed by atoms with E-state index in [1.165, 1.54) is 0 Å². The second-order valence-electron chi connectivity index (χ2n) is 1.68. The summed E-state index contributed by atoms with van der Waals surface area (Å²) in [5.41, 5.74) is 0.810. The molecule has 9 heavy (non-hydrogen) atoms. The predicted molar refractivity (Wildman–Crippen MR) is 41.2 cm³/mol. The minimum Gasteiger partial charge on any atom is -0.281 e. The minimum atomic E-state index is 0.810. The van der Waals surface area contributed by atoms with Gasteiger partial charge in [0.05, 0.1) is 5.56 Å². The Balaban J connectivity index is 3.07. The van der Waals surface area contributed by atoms with E-state index in [1.54, 1.807) is 0 Å². The second-order valence-corrected chi connectivity index (χ2v) is 2.60. The van der Waals surface area contributed by atoms with Crippen LogP contribution in [0, 0.1) is 0 Å². The van der Waals surface area contributed by atoms with Crippen molar-refractivity contribution in [2.45, 2.75) is 0 Å². The Morgan fingerprint density at radius 1 is 1.44 bits per heavy atom. The molecular formula is C7H6BrO+. The quantitative estimate of drug-likeness (QED) is 0.472. The van der Waals surface area contributed by atoms with Crippen molar-refractivity contribution in [2.24, 2.45) is 0 Å². The number of benzene rings is 1. The second kappa shape index (κ2) is 2.78. The molecule has 0 atom stereocenters. The SMILES string of the molecule is [OH+]=Cc1cccc(Br)c1. The van der Waals surface area contributed by atoms with Gasteiger partial charge < -0.3 is 0 Å². The summed E-state index contributed by atoms with van der Waals surface area (Å²) in [5, 5.41) is 0. The topological polar surface area (TPSA) is 21.4 Å². The van der Waals surface area contributed by atoms with Gasteiger partial charge in [0, 0.05) is 4.47 Å². The molecule has 0 aliphatic heterocycles. The molecule has 0 aliphatic carbocycles. The normalized spacial score (nSPS) is 9.00. The number of hydrogen-bond acceptors (Lipinski definition) is 0. The summed E-state index contributed by atoms with van der Waals surface area (Å²) in [4.78, 5) is 8.52. The highest BCUT2D eigenvalue weighted by Crippen LogP contribution is 2.09. The molecule has 1 rings (SSSR count). The molecule has 0 saturated carbocycles. The third kappa shape index (κ3) is 1.64. The molecule has 46 valence electrons. The Hall–Kier alpha value is -0.630. The van der Waals surface area contributed by atoms with Crippen LogP contribution in [0.1, 0.15) is 5.56 Å². The van der Waals surface area contributed by atoms with Crippen LogP contribution in [0.5, 0.6) is 0 Å². The van der Waals surface area contributed by atoms with Crippen molar-refractivity contribution in [1.82, 2.24) is 0 Å². The highest BCUT2D eigenvalue weighted by atomic mass is 79.9. The van der Waals surface area contributed by atoms with E-state index in [9.17, 15) is 0 Å². The van der Waals surface area contributed by atoms with Crippen LogP contribution >= 0.6 is 15.9 Å². The number of halogens is 1. The molecule has 0 bridgehead atoms. The van der Waals surface area contributed by atoms with Crippen molar-refractivity contribution in [3.05, 3.63) is 34.3 Å². The molecule has 0 aliphatic rings. The smallest absolute Gasteiger partial charge is 0.281 e. The maximum atomic E-state index is 8.52. The molecule has 0 unspecified atom stereocenters. The summed E-state index contributed by atoms with van der Waals surface area (Å²) < 4.78 is 0.977. The third-order valence-corrected chi connectivity index (χ3v) is 1.49. The van der Waals surface area contributed by atoms with Gasteiger partial charge in [-0.3, -0.25) is 4.79 Å². The Kier molecular flexibility index (Phi) is 2.01. The Labute approximate surface area is 61.8 Å². The Morgan fingerprint density at radius 3 is 2.67 bits per heavy atom. The molecule has 0 fully saturated rings. The number of rotatable bonds is 1. The van der Waals surface area contributed by atoms with Gasteiger partial charge in [-0.2, -0.15) is 0 Å². The van der Waals surface area contributed by atoms with E-state index < -0.39 is 0 Å². The highest BCUT2D eigenvalue weighted by molar-refractivity contribution is 9.10. The summed E-state index contributed by atoms with van der Waals surface area (Å²) in [6.45, 7) is 0. The predicted octanol–water partition coefficient (Wildman–Crippen LogP) is 1.97. The Bertz CT molecular complexity index is 220. The monoisotopic (exact) mass is 185 g/mol. The van der Waals surface area contributed by atoms with Gasteiger partial charge in [0.15, 0.2) is 0 Å². The van der Waals surface area contributed by atoms with E-state index in [2.05, 4.69) is 15.9 Å². The molecule has 1 nitrogen and oxygen atoms in total. The van der Waals surface area contributed by atoms with Gasteiger partial charge in [0.1, 0.15) is 0 Å². The Morgan fingerprint density at radius 2 is 2.22 bits per heavy atom. The molecule has 0 spiro atoms. The van der Waals surface area contributed by atoms with Gasteiger partial charge in [-0.25, -0.2) is 0 Å². The van der Waals surface area contributed by atoms with Crippen LogP contribution in [0.15, 0.2) is 28.7 Å². The van der Waals surface area contributed by atoms with Gasteiger partial charge in [-0.05, 0) is 18.2 Å². The lowest BCUT2D eigenvalue weighted by Gasteiger charge is -1.86. The maximum Gasteiger partial charge on any atom is 0.312 e. The minimum absolute atomic E-state index is 0.810. The van der Waals surface area contributed by atoms with Gasteiger partial charge in [0.2, 0.25) is 0 Å². The van der Waals surface area contributed by atoms with E-state index in [1.807, 2.05) is 24.3 Å². The first kappa shape index (κ1) is 6.49. The number of hydrogen-bond donors (Lipinski definition) is 0. The summed E-state index contributed by atoms with van der Waals surface area (Å²) in [6.07, 6.45) is 1.07. The fourth-order valence-electron chi connectivity index (χ4n) is 0.587. The number of aldehydes is 1. The summed E-state index contributed by atoms with van der Waals surface area (Å²) in [6, 6.07) is 7.43. The van der Waals surface area contributed by atoms with E-state index in [0.29, 0.717) is 0 Å². The molecule has 1 aromatic carbocycles. The first-order valence-corrected chi connectivity index (χ1v) is 3.35. The zero-order valence-corrected chi connectivity index (χ0v) is 6.30. The van der Waals surface area contributed by atoms with Crippen molar-refractivity contribution >= 4 is 22.2 Å². The fourth-order valence-corrected chi connectivity index (χ4v) is 1.00. The van der Waals surface area contributed by atoms with E-state index in [4.69, 9.17) is 4.79 Å². The third-order valence-electron chi connectivity index (χ3n) is 0.998. The highest BCUT2D eigenvalue weighted by Gasteiger charge is 1.91. The van der Waals surface area contributed by atoms with Gasteiger partial charge >= 0.3 is 6.29 Å². The van der Waals surface area contributed by atoms with Crippen LogP contribution in [0.3, 0.4) is 0 Å². The fraction of sp³-hybridized carbons (Fsp3) is 0. The first-order valence-electron chi connectivity index (χ1n) is 2.56. The van der Waals surface area contributed by atoms with Gasteiger partial charge in [-0.15, -0.1) is 0 Å². The van der Waals surface area contributed by atoms with Crippen molar-refractivity contribution in [3.63, 3.8) is 0 Å². The van der Waals surface area contributed by atoms with Crippen LogP contribution in [0.25, 0.3) is 0 Å². The number of carbonyl (C=O) groups excluding carboxylic acids is 1. The molecule has 2 heteroatoms. The zero-order chi connectivity index (χ0) is 6.69. The largest absolute Gasteiger partial charge is 0.312 e. The van der Waals surface area contributed by atoms with Crippen molar-refractivity contribution in [3.8, 4) is 0 Å². The lowest BCUT2D eigenvalue weighted by molar-refractivity contribution is 0.695. The molecule has 0 saturated heterocycles. The van der Waals surface area contributed by atoms with E-state index >= 15 is 0 Å². The van der Waals surface area contributed by atoms with Gasteiger partial charge in [0.25, 0.3) is 0 Å². The molecular weight excluding hydrogens is 180 g/mol. The summed E-state index contributed by atoms with van der Waals surface area (Å²) in [7, 11) is 0. The summed E-state index contributed by atoms with van der Waals surface area (Å²) in [5.74, 6) is 0. The van der Waals surface area contributed by atoms with E-state index in [0.717, 1.165) is 16.3 Å². The van der Waals surface area contributed by atoms with Crippen LogP contribution in [0.4, 0.5) is 0 Å². The molecule has 1 aromatic rings.